The molecular formula is C10H10N2O3. The van der Waals surface area contributed by atoms with E-state index in [1.807, 2.05) is 0 Å². The summed E-state index contributed by atoms with van der Waals surface area (Å²) < 4.78 is 10.3. The molecule has 5 nitrogen and oxygen atoms in total. The molecule has 1 aliphatic heterocycles. The highest BCUT2D eigenvalue weighted by molar-refractivity contribution is 5.90. The van der Waals surface area contributed by atoms with E-state index in [0.717, 1.165) is 0 Å². The van der Waals surface area contributed by atoms with Gasteiger partial charge in [-0.1, -0.05) is 6.58 Å². The van der Waals surface area contributed by atoms with Crippen LogP contribution in [0.15, 0.2) is 31.0 Å². The fourth-order valence-electron chi connectivity index (χ4n) is 1.23. The molecular weight excluding hydrogens is 196 g/mol. The average molecular weight is 206 g/mol. The van der Waals surface area contributed by atoms with E-state index >= 15 is 0 Å². The standard InChI is InChI=1S/C10H10N2O3/c1-2-11-10(13)12-7-3-4-8-9(5-7)15-6-14-8/h2-5H,1,6H2,(H2,11,12,13). The number of ether oxygens (including phenoxy) is 2. The smallest absolute Gasteiger partial charge is 0.323 e. The maximum atomic E-state index is 11.1. The van der Waals surface area contributed by atoms with Crippen molar-refractivity contribution < 1.29 is 14.3 Å². The van der Waals surface area contributed by atoms with E-state index in [1.165, 1.54) is 6.20 Å². The van der Waals surface area contributed by atoms with Gasteiger partial charge in [0.2, 0.25) is 6.79 Å². The number of carbonyl (C=O) groups is 1. The summed E-state index contributed by atoms with van der Waals surface area (Å²) in [5.41, 5.74) is 0.638. The summed E-state index contributed by atoms with van der Waals surface area (Å²) in [4.78, 5) is 11.1. The monoisotopic (exact) mass is 206 g/mol. The third-order valence-electron chi connectivity index (χ3n) is 1.86. The van der Waals surface area contributed by atoms with Gasteiger partial charge in [-0.2, -0.15) is 0 Å². The molecule has 0 spiro atoms. The van der Waals surface area contributed by atoms with Crippen LogP contribution in [-0.4, -0.2) is 12.8 Å². The summed E-state index contributed by atoms with van der Waals surface area (Å²) in [6.45, 7) is 3.60. The van der Waals surface area contributed by atoms with Crippen LogP contribution in [0.25, 0.3) is 0 Å². The van der Waals surface area contributed by atoms with Gasteiger partial charge in [-0.15, -0.1) is 0 Å². The molecule has 0 unspecified atom stereocenters. The van der Waals surface area contributed by atoms with Crippen molar-refractivity contribution in [2.24, 2.45) is 0 Å². The fourth-order valence-corrected chi connectivity index (χ4v) is 1.23. The molecule has 2 amide bonds. The van der Waals surface area contributed by atoms with Crippen molar-refractivity contribution in [3.63, 3.8) is 0 Å². The summed E-state index contributed by atoms with van der Waals surface area (Å²) in [6, 6.07) is 4.83. The number of benzene rings is 1. The Balaban J connectivity index is 2.10. The quantitative estimate of drug-likeness (QED) is 0.773. The number of fused-ring (bicyclic) bond motifs is 1. The Kier molecular flexibility index (Phi) is 2.45. The number of hydrogen-bond donors (Lipinski definition) is 2. The Morgan fingerprint density at radius 1 is 1.40 bits per heavy atom. The number of amides is 2. The van der Waals surface area contributed by atoms with E-state index < -0.39 is 0 Å². The van der Waals surface area contributed by atoms with Gasteiger partial charge in [-0.3, -0.25) is 0 Å². The Morgan fingerprint density at radius 2 is 2.20 bits per heavy atom. The first kappa shape index (κ1) is 9.39. The zero-order chi connectivity index (χ0) is 10.7. The number of rotatable bonds is 2. The number of anilines is 1. The summed E-state index contributed by atoms with van der Waals surface area (Å²) >= 11 is 0. The molecule has 0 saturated heterocycles. The van der Waals surface area contributed by atoms with Crippen molar-refractivity contribution in [3.05, 3.63) is 31.0 Å². The minimum atomic E-state index is -0.344. The topological polar surface area (TPSA) is 59.6 Å². The zero-order valence-electron chi connectivity index (χ0n) is 7.95. The van der Waals surface area contributed by atoms with Crippen LogP contribution >= 0.6 is 0 Å². The van der Waals surface area contributed by atoms with Gasteiger partial charge in [0.25, 0.3) is 0 Å². The molecule has 1 aromatic rings. The Hall–Kier alpha value is -2.17. The summed E-state index contributed by atoms with van der Waals surface area (Å²) in [6.07, 6.45) is 1.31. The van der Waals surface area contributed by atoms with Crippen molar-refractivity contribution in [1.82, 2.24) is 5.32 Å². The molecule has 15 heavy (non-hydrogen) atoms. The molecule has 0 bridgehead atoms. The number of urea groups is 1. The van der Waals surface area contributed by atoms with Crippen LogP contribution in [-0.2, 0) is 0 Å². The van der Waals surface area contributed by atoms with Gasteiger partial charge in [0.05, 0.1) is 0 Å². The van der Waals surface area contributed by atoms with E-state index in [2.05, 4.69) is 17.2 Å². The molecule has 0 radical (unpaired) electrons. The fraction of sp³-hybridized carbons (Fsp3) is 0.100. The predicted molar refractivity (Wildman–Crippen MR) is 54.9 cm³/mol. The van der Waals surface area contributed by atoms with Crippen molar-refractivity contribution in [1.29, 1.82) is 0 Å². The SMILES string of the molecule is C=CNC(=O)Nc1ccc2c(c1)OCO2. The Bertz CT molecular complexity index is 404. The predicted octanol–water partition coefficient (Wildman–Crippen LogP) is 1.68. The molecule has 0 saturated carbocycles. The number of hydrogen-bond acceptors (Lipinski definition) is 3. The molecule has 0 aromatic heterocycles. The second-order valence-electron chi connectivity index (χ2n) is 2.87. The minimum Gasteiger partial charge on any atom is -0.454 e. The van der Waals surface area contributed by atoms with Crippen molar-refractivity contribution in [2.45, 2.75) is 0 Å². The molecule has 5 heteroatoms. The molecule has 2 N–H and O–H groups in total. The normalized spacial score (nSPS) is 12.0. The van der Waals surface area contributed by atoms with Gasteiger partial charge in [-0.25, -0.2) is 4.79 Å². The lowest BCUT2D eigenvalue weighted by Crippen LogP contribution is -2.23. The third kappa shape index (κ3) is 2.01. The number of nitrogens with one attached hydrogen (secondary N) is 2. The van der Waals surface area contributed by atoms with E-state index in [-0.39, 0.29) is 12.8 Å². The molecule has 0 atom stereocenters. The first-order chi connectivity index (χ1) is 7.29. The van der Waals surface area contributed by atoms with Crippen LogP contribution in [0, 0.1) is 0 Å². The van der Waals surface area contributed by atoms with E-state index in [0.29, 0.717) is 17.2 Å². The lowest BCUT2D eigenvalue weighted by Gasteiger charge is -2.04. The van der Waals surface area contributed by atoms with Crippen LogP contribution in [0.1, 0.15) is 0 Å². The Labute approximate surface area is 86.7 Å². The summed E-state index contributed by atoms with van der Waals surface area (Å²) in [7, 11) is 0. The van der Waals surface area contributed by atoms with E-state index in [9.17, 15) is 4.79 Å². The highest BCUT2D eigenvalue weighted by Gasteiger charge is 2.13. The van der Waals surface area contributed by atoms with Crippen LogP contribution in [0.3, 0.4) is 0 Å². The summed E-state index contributed by atoms with van der Waals surface area (Å²) in [5, 5.41) is 5.02. The molecule has 0 fully saturated rings. The van der Waals surface area contributed by atoms with Gasteiger partial charge in [-0.05, 0) is 18.3 Å². The second-order valence-corrected chi connectivity index (χ2v) is 2.87. The highest BCUT2D eigenvalue weighted by atomic mass is 16.7. The van der Waals surface area contributed by atoms with Crippen LogP contribution < -0.4 is 20.1 Å². The lowest BCUT2D eigenvalue weighted by atomic mass is 10.3. The van der Waals surface area contributed by atoms with Crippen LogP contribution in [0.4, 0.5) is 10.5 Å². The maximum absolute atomic E-state index is 11.1. The van der Waals surface area contributed by atoms with Crippen molar-refractivity contribution in [3.8, 4) is 11.5 Å². The number of carbonyl (C=O) groups excluding carboxylic acids is 1. The molecule has 1 aliphatic rings. The van der Waals surface area contributed by atoms with Gasteiger partial charge in [0, 0.05) is 11.8 Å². The van der Waals surface area contributed by atoms with Crippen molar-refractivity contribution in [2.75, 3.05) is 12.1 Å². The summed E-state index contributed by atoms with van der Waals surface area (Å²) in [5.74, 6) is 1.32. The highest BCUT2D eigenvalue weighted by Crippen LogP contribution is 2.34. The van der Waals surface area contributed by atoms with Crippen molar-refractivity contribution >= 4 is 11.7 Å². The van der Waals surface area contributed by atoms with Crippen LogP contribution in [0.2, 0.25) is 0 Å². The first-order valence-electron chi connectivity index (χ1n) is 4.37. The molecule has 78 valence electrons. The molecule has 1 heterocycles. The second kappa shape index (κ2) is 3.91. The van der Waals surface area contributed by atoms with Crippen LogP contribution in [0.5, 0.6) is 11.5 Å². The zero-order valence-corrected chi connectivity index (χ0v) is 7.95. The van der Waals surface area contributed by atoms with Gasteiger partial charge in [0.1, 0.15) is 0 Å². The first-order valence-corrected chi connectivity index (χ1v) is 4.37. The minimum absolute atomic E-state index is 0.220. The lowest BCUT2D eigenvalue weighted by molar-refractivity contribution is 0.174. The maximum Gasteiger partial charge on any atom is 0.323 e. The largest absolute Gasteiger partial charge is 0.454 e. The molecule has 2 rings (SSSR count). The van der Waals surface area contributed by atoms with Gasteiger partial charge >= 0.3 is 6.03 Å². The Morgan fingerprint density at radius 3 is 3.00 bits per heavy atom. The van der Waals surface area contributed by atoms with E-state index in [4.69, 9.17) is 9.47 Å². The molecule has 0 aliphatic carbocycles. The average Bonchev–Trinajstić information content (AvgIpc) is 2.65. The third-order valence-corrected chi connectivity index (χ3v) is 1.86. The molecule has 1 aromatic carbocycles. The van der Waals surface area contributed by atoms with Gasteiger partial charge < -0.3 is 20.1 Å². The van der Waals surface area contributed by atoms with Gasteiger partial charge in [0.15, 0.2) is 11.5 Å². The van der Waals surface area contributed by atoms with E-state index in [1.54, 1.807) is 18.2 Å².